The Balaban J connectivity index is 1.11. The molecule has 0 bridgehead atoms. The number of aromatic amines is 1. The number of phenols is 1. The van der Waals surface area contributed by atoms with Crippen LogP contribution in [0, 0.1) is 0 Å². The summed E-state index contributed by atoms with van der Waals surface area (Å²) in [6.45, 7) is 5.52. The summed E-state index contributed by atoms with van der Waals surface area (Å²) < 4.78 is 57.1. The number of nitrogens with zero attached hydrogens (tertiary/aromatic N) is 1. The van der Waals surface area contributed by atoms with Crippen molar-refractivity contribution in [2.24, 2.45) is 5.73 Å². The van der Waals surface area contributed by atoms with E-state index >= 15 is 0 Å². The first kappa shape index (κ1) is 72.4. The molecule has 0 saturated carbocycles. The third-order valence-electron chi connectivity index (χ3n) is 15.3. The predicted molar refractivity (Wildman–Crippen MR) is 324 cm³/mol. The van der Waals surface area contributed by atoms with Crippen LogP contribution in [0.15, 0.2) is 85.1 Å². The second kappa shape index (κ2) is 33.7. The number of carbonyl (C=O) groups excluding carboxylic acids is 13. The van der Waals surface area contributed by atoms with Gasteiger partial charge in [-0.3, -0.25) is 62.3 Å². The van der Waals surface area contributed by atoms with Crippen LogP contribution in [0.1, 0.15) is 90.8 Å². The third-order valence-corrected chi connectivity index (χ3v) is 15.3. The van der Waals surface area contributed by atoms with Crippen LogP contribution in [-0.4, -0.2) is 197 Å². The van der Waals surface area contributed by atoms with Gasteiger partial charge in [0.15, 0.2) is 43.0 Å². The molecule has 7 rings (SSSR count). The molecule has 3 saturated heterocycles. The number of aromatic hydroxyl groups is 1. The second-order valence-corrected chi connectivity index (χ2v) is 22.7. The van der Waals surface area contributed by atoms with Crippen LogP contribution in [0.25, 0.3) is 10.9 Å². The number of carbonyl (C=O) groups is 13. The molecule has 4 heterocycles. The summed E-state index contributed by atoms with van der Waals surface area (Å²) in [4.78, 5) is 177. The molecule has 8 N–H and O–H groups in total. The molecule has 3 aliphatic heterocycles. The highest BCUT2D eigenvalue weighted by atomic mass is 16.8. The lowest BCUT2D eigenvalue weighted by atomic mass is 9.95. The number of nitrogens with two attached hydrogens (primary N) is 1. The van der Waals surface area contributed by atoms with E-state index in [1.54, 1.807) is 36.5 Å². The Morgan fingerprint density at radius 2 is 1.11 bits per heavy atom. The maximum atomic E-state index is 14.9. The topological polar surface area (TPSA) is 428 Å². The number of likely N-dealkylation sites (tertiary alicyclic amines) is 1. The standard InChI is InChI=1S/C64H77N7O24/c1-32(72)86-30-49-54(95-64-58(92-38(7)78)56(90-36(5)76)53(88-34(3)74)50(94-64)31-87-33(2)73)55(89-35(4)75)57(91-37(6)77)62(93-49)70-52(81)24-23-51(80)67-47(27-40-19-21-42(79)22-20-40)63(85)71-25-13-18-48(71)61(84)69-46(28-41-29-66-44-17-12-11-16-43(41)44)60(83)68-45(59(65)82)26-39-14-9-8-10-15-39/h8-12,14-17,19-22,29,45-50,53-58,62,64,66,79H,13,18,23-28,30-31H2,1-7H3,(H2,65,82)(H,67,80)(H,68,83)(H,69,84)(H,70,81)/t45-,46-,47-,48-,49+,50+,53-,54+,55-,56-,57+,58+,62+,64-/m0/s1. The molecule has 6 amide bonds. The Morgan fingerprint density at radius 3 is 1.72 bits per heavy atom. The van der Waals surface area contributed by atoms with Gasteiger partial charge in [-0.05, 0) is 47.7 Å². The molecule has 0 spiro atoms. The minimum absolute atomic E-state index is 0.0351. The van der Waals surface area contributed by atoms with E-state index in [1.807, 2.05) is 24.3 Å². The van der Waals surface area contributed by atoms with E-state index in [1.165, 1.54) is 29.2 Å². The molecule has 0 unspecified atom stereocenters. The zero-order chi connectivity index (χ0) is 69.2. The van der Waals surface area contributed by atoms with Crippen LogP contribution >= 0.6 is 0 Å². The van der Waals surface area contributed by atoms with Crippen molar-refractivity contribution in [3.05, 3.63) is 102 Å². The third kappa shape index (κ3) is 20.7. The van der Waals surface area contributed by atoms with Gasteiger partial charge in [0.2, 0.25) is 35.4 Å². The number of amides is 6. The van der Waals surface area contributed by atoms with Crippen molar-refractivity contribution in [3.63, 3.8) is 0 Å². The number of phenolic OH excluding ortho intramolecular Hbond substituents is 1. The van der Waals surface area contributed by atoms with Gasteiger partial charge in [0.1, 0.15) is 61.4 Å². The number of primary amides is 1. The van der Waals surface area contributed by atoms with Crippen molar-refractivity contribution < 1.29 is 115 Å². The fourth-order valence-corrected chi connectivity index (χ4v) is 11.3. The summed E-state index contributed by atoms with van der Waals surface area (Å²) in [5.41, 5.74) is 8.37. The highest BCUT2D eigenvalue weighted by Gasteiger charge is 2.58. The monoisotopic (exact) mass is 1330 g/mol. The number of rotatable bonds is 28. The Labute approximate surface area is 544 Å². The summed E-state index contributed by atoms with van der Waals surface area (Å²) in [7, 11) is 0. The summed E-state index contributed by atoms with van der Waals surface area (Å²) in [5, 5.41) is 21.6. The largest absolute Gasteiger partial charge is 0.508 e. The smallest absolute Gasteiger partial charge is 0.303 e. The van der Waals surface area contributed by atoms with E-state index in [0.29, 0.717) is 23.1 Å². The lowest BCUT2D eigenvalue weighted by Gasteiger charge is -2.48. The van der Waals surface area contributed by atoms with Gasteiger partial charge >= 0.3 is 41.8 Å². The average molecular weight is 1330 g/mol. The van der Waals surface area contributed by atoms with Crippen molar-refractivity contribution >= 4 is 88.1 Å². The number of hydrogen-bond donors (Lipinski definition) is 7. The van der Waals surface area contributed by atoms with Crippen molar-refractivity contribution in [1.29, 1.82) is 0 Å². The number of H-pyrrole nitrogens is 1. The van der Waals surface area contributed by atoms with Crippen LogP contribution in [0.2, 0.25) is 0 Å². The van der Waals surface area contributed by atoms with E-state index in [2.05, 4.69) is 26.3 Å². The molecule has 1 aromatic heterocycles. The number of esters is 7. The quantitative estimate of drug-likeness (QED) is 0.0298. The zero-order valence-corrected chi connectivity index (χ0v) is 53.1. The first-order valence-electron chi connectivity index (χ1n) is 30.4. The maximum absolute atomic E-state index is 14.9. The lowest BCUT2D eigenvalue weighted by Crippen LogP contribution is -2.68. The Hall–Kier alpha value is -10.0. The molecule has 95 heavy (non-hydrogen) atoms. The summed E-state index contributed by atoms with van der Waals surface area (Å²) in [5.74, 6) is -11.7. The number of benzene rings is 3. The van der Waals surface area contributed by atoms with Crippen LogP contribution in [-0.2, 0) is 129 Å². The van der Waals surface area contributed by atoms with Gasteiger partial charge < -0.3 is 89.4 Å². The van der Waals surface area contributed by atoms with Crippen LogP contribution in [0.4, 0.5) is 0 Å². The predicted octanol–water partition coefficient (Wildman–Crippen LogP) is 0.348. The molecule has 3 fully saturated rings. The van der Waals surface area contributed by atoms with Crippen LogP contribution in [0.3, 0.4) is 0 Å². The normalized spacial score (nSPS) is 23.2. The molecule has 4 aromatic rings. The highest BCUT2D eigenvalue weighted by molar-refractivity contribution is 5.97. The van der Waals surface area contributed by atoms with Crippen LogP contribution in [0.5, 0.6) is 5.75 Å². The van der Waals surface area contributed by atoms with Gasteiger partial charge in [0.05, 0.1) is 0 Å². The van der Waals surface area contributed by atoms with Crippen LogP contribution < -0.4 is 27.0 Å². The van der Waals surface area contributed by atoms with E-state index in [4.69, 9.17) is 53.1 Å². The van der Waals surface area contributed by atoms with Gasteiger partial charge in [-0.2, -0.15) is 0 Å². The number of hydrogen-bond acceptors (Lipinski definition) is 24. The molecule has 0 radical (unpaired) electrons. The van der Waals surface area contributed by atoms with Gasteiger partial charge in [-0.15, -0.1) is 0 Å². The molecule has 14 atom stereocenters. The molecule has 0 aliphatic carbocycles. The minimum Gasteiger partial charge on any atom is -0.508 e. The van der Waals surface area contributed by atoms with Gasteiger partial charge in [-0.25, -0.2) is 0 Å². The maximum Gasteiger partial charge on any atom is 0.303 e. The SMILES string of the molecule is CC(=O)OC[C@H]1O[C@@H](O[C@H]2[C@H](OC(C)=O)[C@@H](OC(C)=O)[C@H](NC(=O)CCC(=O)N[C@@H](Cc3ccc(O)cc3)C(=O)N3CCC[C@H]3C(=O)N[C@@H](Cc3c[nH]c4ccccc34)C(=O)N[C@@H](Cc3ccccc3)C(N)=O)O[C@@H]2COC(C)=O)[C@H](OC(C)=O)[C@@H](OC(C)=O)[C@H]1OC(C)=O. The molecule has 3 aliphatic rings. The number of ether oxygens (including phenoxy) is 10. The van der Waals surface area contributed by atoms with Gasteiger partial charge in [0, 0.05) is 104 Å². The number of para-hydroxylation sites is 1. The van der Waals surface area contributed by atoms with Crippen molar-refractivity contribution in [2.45, 2.75) is 179 Å². The van der Waals surface area contributed by atoms with E-state index in [0.717, 1.165) is 59.4 Å². The van der Waals surface area contributed by atoms with E-state index in [-0.39, 0.29) is 38.0 Å². The molecule has 31 nitrogen and oxygen atoms in total. The van der Waals surface area contributed by atoms with Crippen molar-refractivity contribution in [3.8, 4) is 5.75 Å². The minimum atomic E-state index is -1.98. The number of fused-ring (bicyclic) bond motifs is 1. The molecular weight excluding hydrogens is 1250 g/mol. The van der Waals surface area contributed by atoms with Crippen molar-refractivity contribution in [2.75, 3.05) is 19.8 Å². The van der Waals surface area contributed by atoms with Gasteiger partial charge in [-0.1, -0.05) is 60.7 Å². The fraction of sp³-hybridized carbons (Fsp3) is 0.484. The highest BCUT2D eigenvalue weighted by Crippen LogP contribution is 2.36. The number of nitrogens with one attached hydrogen (secondary N) is 5. The Bertz CT molecular complexity index is 3450. The average Bonchev–Trinajstić information content (AvgIpc) is 1.41. The van der Waals surface area contributed by atoms with Gasteiger partial charge in [0.25, 0.3) is 0 Å². The second-order valence-electron chi connectivity index (χ2n) is 22.7. The Kier molecular flexibility index (Phi) is 25.7. The zero-order valence-electron chi connectivity index (χ0n) is 53.1. The van der Waals surface area contributed by atoms with Crippen molar-refractivity contribution in [1.82, 2.24) is 31.2 Å². The fourth-order valence-electron chi connectivity index (χ4n) is 11.3. The number of aromatic nitrogens is 1. The summed E-state index contributed by atoms with van der Waals surface area (Å²) in [6.07, 6.45) is -17.2. The molecule has 3 aromatic carbocycles. The van der Waals surface area contributed by atoms with E-state index < -0.39 is 189 Å². The Morgan fingerprint density at radius 1 is 0.568 bits per heavy atom. The molecular formula is C64H77N7O24. The molecule has 512 valence electrons. The molecule has 31 heteroatoms. The first-order valence-corrected chi connectivity index (χ1v) is 30.4. The lowest BCUT2D eigenvalue weighted by molar-refractivity contribution is -0.345. The van der Waals surface area contributed by atoms with E-state index in [9.17, 15) is 67.4 Å². The first-order chi connectivity index (χ1) is 45.1. The summed E-state index contributed by atoms with van der Waals surface area (Å²) >= 11 is 0. The summed E-state index contributed by atoms with van der Waals surface area (Å²) in [6, 6.07) is 16.8.